The summed E-state index contributed by atoms with van der Waals surface area (Å²) in [5.41, 5.74) is 0.924. The first-order valence-corrected chi connectivity index (χ1v) is 6.17. The van der Waals surface area contributed by atoms with Crippen LogP contribution in [0.2, 0.25) is 0 Å². The molecule has 2 aromatic rings. The molecule has 4 N–H and O–H groups in total. The van der Waals surface area contributed by atoms with Crippen molar-refractivity contribution in [2.24, 2.45) is 0 Å². The van der Waals surface area contributed by atoms with Crippen LogP contribution in [-0.4, -0.2) is 28.3 Å². The minimum Gasteiger partial charge on any atom is -0.504 e. The molecule has 2 rings (SSSR count). The average molecular weight is 289 g/mol. The number of aromatic hydroxyl groups is 3. The summed E-state index contributed by atoms with van der Waals surface area (Å²) in [7, 11) is 1.57. The fraction of sp³-hybridized carbons (Fsp3) is 0.133. The van der Waals surface area contributed by atoms with Crippen molar-refractivity contribution in [1.82, 2.24) is 5.32 Å². The summed E-state index contributed by atoms with van der Waals surface area (Å²) in [6, 6.07) is 9.34. The van der Waals surface area contributed by atoms with E-state index in [9.17, 15) is 20.1 Å². The molecule has 0 aliphatic carbocycles. The van der Waals surface area contributed by atoms with Gasteiger partial charge in [-0.15, -0.1) is 0 Å². The first kappa shape index (κ1) is 14.5. The van der Waals surface area contributed by atoms with Gasteiger partial charge in [0.1, 0.15) is 5.75 Å². The van der Waals surface area contributed by atoms with Crippen LogP contribution in [0.5, 0.6) is 23.0 Å². The van der Waals surface area contributed by atoms with Gasteiger partial charge in [-0.1, -0.05) is 12.1 Å². The van der Waals surface area contributed by atoms with Crippen LogP contribution < -0.4 is 10.1 Å². The van der Waals surface area contributed by atoms with Crippen LogP contribution in [0.15, 0.2) is 36.4 Å². The van der Waals surface area contributed by atoms with Crippen molar-refractivity contribution in [3.8, 4) is 23.0 Å². The molecule has 0 atom stereocenters. The summed E-state index contributed by atoms with van der Waals surface area (Å²) in [5, 5.41) is 30.6. The van der Waals surface area contributed by atoms with Gasteiger partial charge in [-0.2, -0.15) is 0 Å². The van der Waals surface area contributed by atoms with Crippen molar-refractivity contribution in [2.75, 3.05) is 7.11 Å². The fourth-order valence-corrected chi connectivity index (χ4v) is 1.76. The van der Waals surface area contributed by atoms with E-state index in [0.29, 0.717) is 0 Å². The van der Waals surface area contributed by atoms with E-state index in [1.54, 1.807) is 19.2 Å². The summed E-state index contributed by atoms with van der Waals surface area (Å²) in [5.74, 6) is -1.51. The molecule has 0 aliphatic rings. The maximum atomic E-state index is 11.9. The Kier molecular flexibility index (Phi) is 4.18. The van der Waals surface area contributed by atoms with Crippen molar-refractivity contribution in [3.05, 3.63) is 47.5 Å². The first-order valence-electron chi connectivity index (χ1n) is 6.17. The summed E-state index contributed by atoms with van der Waals surface area (Å²) in [4.78, 5) is 11.9. The minimum absolute atomic E-state index is 0.0521. The number of rotatable bonds is 4. The quantitative estimate of drug-likeness (QED) is 0.643. The Labute approximate surface area is 121 Å². The van der Waals surface area contributed by atoms with Crippen molar-refractivity contribution in [1.29, 1.82) is 0 Å². The van der Waals surface area contributed by atoms with Crippen LogP contribution in [0.3, 0.4) is 0 Å². The fourth-order valence-electron chi connectivity index (χ4n) is 1.76. The summed E-state index contributed by atoms with van der Waals surface area (Å²) < 4.78 is 5.04. The molecule has 0 fully saturated rings. The van der Waals surface area contributed by atoms with Gasteiger partial charge in [-0.05, 0) is 29.8 Å². The van der Waals surface area contributed by atoms with E-state index in [4.69, 9.17) is 4.74 Å². The zero-order valence-corrected chi connectivity index (χ0v) is 11.3. The second kappa shape index (κ2) is 6.04. The molecule has 1 amide bonds. The number of nitrogens with one attached hydrogen (secondary N) is 1. The number of carbonyl (C=O) groups excluding carboxylic acids is 1. The maximum absolute atomic E-state index is 11.9. The Balaban J connectivity index is 2.04. The maximum Gasteiger partial charge on any atom is 0.251 e. The predicted molar refractivity (Wildman–Crippen MR) is 75.6 cm³/mol. The molecule has 0 saturated carbocycles. The van der Waals surface area contributed by atoms with Gasteiger partial charge in [0.2, 0.25) is 0 Å². The number of ether oxygens (including phenoxy) is 1. The lowest BCUT2D eigenvalue weighted by Crippen LogP contribution is -2.22. The number of benzene rings is 2. The Morgan fingerprint density at radius 1 is 1.10 bits per heavy atom. The number of hydrogen-bond acceptors (Lipinski definition) is 5. The topological polar surface area (TPSA) is 99.0 Å². The highest BCUT2D eigenvalue weighted by atomic mass is 16.5. The molecule has 0 bridgehead atoms. The molecule has 0 aromatic heterocycles. The van der Waals surface area contributed by atoms with Crippen LogP contribution >= 0.6 is 0 Å². The third-order valence-electron chi connectivity index (χ3n) is 2.94. The molecule has 0 spiro atoms. The molecule has 0 radical (unpaired) electrons. The minimum atomic E-state index is -0.651. The van der Waals surface area contributed by atoms with E-state index >= 15 is 0 Å². The van der Waals surface area contributed by atoms with Gasteiger partial charge in [0.25, 0.3) is 5.91 Å². The van der Waals surface area contributed by atoms with E-state index in [1.807, 2.05) is 12.1 Å². The molecule has 0 saturated heterocycles. The Hall–Kier alpha value is -2.89. The van der Waals surface area contributed by atoms with Gasteiger partial charge in [0.05, 0.1) is 7.11 Å². The van der Waals surface area contributed by atoms with Crippen LogP contribution in [0.4, 0.5) is 0 Å². The molecule has 2 aromatic carbocycles. The number of carbonyl (C=O) groups is 1. The Morgan fingerprint density at radius 2 is 1.67 bits per heavy atom. The normalized spacial score (nSPS) is 10.1. The second-order valence-electron chi connectivity index (χ2n) is 4.39. The average Bonchev–Trinajstić information content (AvgIpc) is 2.50. The lowest BCUT2D eigenvalue weighted by Gasteiger charge is -2.08. The van der Waals surface area contributed by atoms with Crippen molar-refractivity contribution in [2.45, 2.75) is 6.54 Å². The van der Waals surface area contributed by atoms with E-state index in [-0.39, 0.29) is 12.1 Å². The van der Waals surface area contributed by atoms with Gasteiger partial charge in [0.15, 0.2) is 17.2 Å². The largest absolute Gasteiger partial charge is 0.504 e. The van der Waals surface area contributed by atoms with Crippen LogP contribution in [0.25, 0.3) is 0 Å². The Morgan fingerprint density at radius 3 is 2.19 bits per heavy atom. The third kappa shape index (κ3) is 3.36. The van der Waals surface area contributed by atoms with E-state index < -0.39 is 23.2 Å². The van der Waals surface area contributed by atoms with Gasteiger partial charge in [-0.3, -0.25) is 4.79 Å². The first-order chi connectivity index (χ1) is 10.0. The monoisotopic (exact) mass is 289 g/mol. The third-order valence-corrected chi connectivity index (χ3v) is 2.94. The molecule has 21 heavy (non-hydrogen) atoms. The van der Waals surface area contributed by atoms with Crippen LogP contribution in [-0.2, 0) is 6.54 Å². The SMILES string of the molecule is COc1ccc(CNC(=O)c2cc(O)c(O)c(O)c2)cc1. The smallest absolute Gasteiger partial charge is 0.251 e. The molecule has 6 heteroatoms. The van der Waals surface area contributed by atoms with Crippen molar-refractivity contribution in [3.63, 3.8) is 0 Å². The number of methoxy groups -OCH3 is 1. The molecule has 6 nitrogen and oxygen atoms in total. The molecule has 0 heterocycles. The van der Waals surface area contributed by atoms with Crippen LogP contribution in [0.1, 0.15) is 15.9 Å². The number of amides is 1. The highest BCUT2D eigenvalue weighted by molar-refractivity contribution is 5.95. The summed E-state index contributed by atoms with van der Waals surface area (Å²) >= 11 is 0. The van der Waals surface area contributed by atoms with Gasteiger partial charge in [-0.25, -0.2) is 0 Å². The van der Waals surface area contributed by atoms with E-state index in [1.165, 1.54) is 0 Å². The Bertz CT molecular complexity index is 629. The zero-order valence-electron chi connectivity index (χ0n) is 11.3. The van der Waals surface area contributed by atoms with Gasteiger partial charge >= 0.3 is 0 Å². The molecule has 0 unspecified atom stereocenters. The van der Waals surface area contributed by atoms with E-state index in [2.05, 4.69) is 5.32 Å². The summed E-state index contributed by atoms with van der Waals surface area (Å²) in [6.07, 6.45) is 0. The molecular formula is C15H15NO5. The standard InChI is InChI=1S/C15H15NO5/c1-21-11-4-2-9(3-5-11)8-16-15(20)10-6-12(17)14(19)13(18)7-10/h2-7,17-19H,8H2,1H3,(H,16,20). The number of phenolic OH excluding ortho intramolecular Hbond substituents is 3. The van der Waals surface area contributed by atoms with Gasteiger partial charge in [0, 0.05) is 12.1 Å². The zero-order chi connectivity index (χ0) is 15.4. The van der Waals surface area contributed by atoms with Crippen molar-refractivity contribution < 1.29 is 24.9 Å². The summed E-state index contributed by atoms with van der Waals surface area (Å²) in [6.45, 7) is 0.283. The molecule has 110 valence electrons. The lowest BCUT2D eigenvalue weighted by atomic mass is 10.1. The molecule has 0 aliphatic heterocycles. The van der Waals surface area contributed by atoms with Crippen LogP contribution in [0, 0.1) is 0 Å². The van der Waals surface area contributed by atoms with Crippen molar-refractivity contribution >= 4 is 5.91 Å². The molecular weight excluding hydrogens is 274 g/mol. The van der Waals surface area contributed by atoms with E-state index in [0.717, 1.165) is 23.4 Å². The van der Waals surface area contributed by atoms with Gasteiger partial charge < -0.3 is 25.4 Å². The second-order valence-corrected chi connectivity index (χ2v) is 4.39. The number of phenols is 3. The highest BCUT2D eigenvalue weighted by Crippen LogP contribution is 2.35. The highest BCUT2D eigenvalue weighted by Gasteiger charge is 2.13. The predicted octanol–water partition coefficient (Wildman–Crippen LogP) is 1.74. The number of hydrogen-bond donors (Lipinski definition) is 4. The lowest BCUT2D eigenvalue weighted by molar-refractivity contribution is 0.0950.